The standard InChI is InChI=1S/C31H38N2O4/c1-31(2,3)26-13-10-25(11-14-26)22-37-29-23-36-27(20-28(29)34)21-32-16-7-17-33(19-18-32)30(35)15-12-24-8-5-4-6-9-24/h4-6,8-11,13-14,20,23H,7,12,15-19,21-22H2,1-3H3. The summed E-state index contributed by atoms with van der Waals surface area (Å²) in [6.07, 6.45) is 3.61. The van der Waals surface area contributed by atoms with E-state index in [1.165, 1.54) is 23.5 Å². The molecular weight excluding hydrogens is 464 g/mol. The fourth-order valence-corrected chi connectivity index (χ4v) is 4.54. The van der Waals surface area contributed by atoms with Crippen LogP contribution in [0.3, 0.4) is 0 Å². The highest BCUT2D eigenvalue weighted by molar-refractivity contribution is 5.76. The third kappa shape index (κ3) is 7.80. The van der Waals surface area contributed by atoms with E-state index >= 15 is 0 Å². The molecule has 0 N–H and O–H groups in total. The topological polar surface area (TPSA) is 63.0 Å². The molecule has 1 aromatic heterocycles. The van der Waals surface area contributed by atoms with Gasteiger partial charge >= 0.3 is 0 Å². The van der Waals surface area contributed by atoms with Gasteiger partial charge in [0.25, 0.3) is 0 Å². The van der Waals surface area contributed by atoms with Crippen molar-refractivity contribution in [2.45, 2.75) is 58.6 Å². The molecule has 1 aliphatic heterocycles. The average Bonchev–Trinajstić information content (AvgIpc) is 3.13. The molecule has 0 atom stereocenters. The van der Waals surface area contributed by atoms with Crippen molar-refractivity contribution < 1.29 is 13.9 Å². The summed E-state index contributed by atoms with van der Waals surface area (Å²) < 4.78 is 11.5. The summed E-state index contributed by atoms with van der Waals surface area (Å²) in [4.78, 5) is 29.6. The number of carbonyl (C=O) groups is 1. The van der Waals surface area contributed by atoms with Crippen molar-refractivity contribution in [3.8, 4) is 5.75 Å². The highest BCUT2D eigenvalue weighted by Gasteiger charge is 2.20. The second kappa shape index (κ2) is 12.2. The maximum absolute atomic E-state index is 12.7. The summed E-state index contributed by atoms with van der Waals surface area (Å²) >= 11 is 0. The van der Waals surface area contributed by atoms with Crippen LogP contribution in [0, 0.1) is 0 Å². The van der Waals surface area contributed by atoms with Crippen LogP contribution in [-0.4, -0.2) is 41.9 Å². The predicted molar refractivity (Wildman–Crippen MR) is 146 cm³/mol. The minimum atomic E-state index is -0.180. The summed E-state index contributed by atoms with van der Waals surface area (Å²) in [5.41, 5.74) is 3.37. The SMILES string of the molecule is CC(C)(C)c1ccc(COc2coc(CN3CCCN(C(=O)CCc4ccccc4)CC3)cc2=O)cc1. The normalized spacial score (nSPS) is 14.8. The minimum Gasteiger partial charge on any atom is -0.482 e. The van der Waals surface area contributed by atoms with Crippen LogP contribution in [0.1, 0.15) is 56.1 Å². The fraction of sp³-hybridized carbons (Fsp3) is 0.419. The number of ether oxygens (including phenoxy) is 1. The monoisotopic (exact) mass is 502 g/mol. The lowest BCUT2D eigenvalue weighted by Gasteiger charge is -2.22. The Hall–Kier alpha value is -3.38. The van der Waals surface area contributed by atoms with Crippen molar-refractivity contribution in [3.05, 3.63) is 99.6 Å². The molecule has 0 radical (unpaired) electrons. The van der Waals surface area contributed by atoms with E-state index in [9.17, 15) is 9.59 Å². The lowest BCUT2D eigenvalue weighted by molar-refractivity contribution is -0.131. The molecule has 0 unspecified atom stereocenters. The van der Waals surface area contributed by atoms with Gasteiger partial charge in [-0.05, 0) is 34.9 Å². The van der Waals surface area contributed by atoms with Crippen molar-refractivity contribution in [2.75, 3.05) is 26.2 Å². The van der Waals surface area contributed by atoms with Gasteiger partial charge in [0.2, 0.25) is 17.1 Å². The zero-order chi connectivity index (χ0) is 26.3. The molecule has 37 heavy (non-hydrogen) atoms. The first kappa shape index (κ1) is 26.7. The van der Waals surface area contributed by atoms with Crippen molar-refractivity contribution in [1.29, 1.82) is 0 Å². The number of aryl methyl sites for hydroxylation is 1. The van der Waals surface area contributed by atoms with Crippen LogP contribution in [0.4, 0.5) is 0 Å². The molecule has 4 rings (SSSR count). The number of hydrogen-bond donors (Lipinski definition) is 0. The fourth-order valence-electron chi connectivity index (χ4n) is 4.54. The predicted octanol–water partition coefficient (Wildman–Crippen LogP) is 5.18. The van der Waals surface area contributed by atoms with Crippen LogP contribution in [0.5, 0.6) is 5.75 Å². The first-order valence-corrected chi connectivity index (χ1v) is 13.2. The van der Waals surface area contributed by atoms with Crippen LogP contribution in [0.15, 0.2) is 76.1 Å². The largest absolute Gasteiger partial charge is 0.482 e. The third-order valence-corrected chi connectivity index (χ3v) is 6.86. The van der Waals surface area contributed by atoms with Gasteiger partial charge in [-0.2, -0.15) is 0 Å². The molecule has 6 heteroatoms. The molecule has 1 fully saturated rings. The van der Waals surface area contributed by atoms with Gasteiger partial charge in [-0.25, -0.2) is 0 Å². The Labute approximate surface area is 219 Å². The van der Waals surface area contributed by atoms with E-state index in [4.69, 9.17) is 9.15 Å². The molecule has 2 heterocycles. The maximum atomic E-state index is 12.7. The lowest BCUT2D eigenvalue weighted by Crippen LogP contribution is -2.35. The van der Waals surface area contributed by atoms with Gasteiger partial charge in [-0.15, -0.1) is 0 Å². The van der Waals surface area contributed by atoms with Gasteiger partial charge < -0.3 is 14.1 Å². The van der Waals surface area contributed by atoms with E-state index in [1.807, 2.05) is 35.2 Å². The minimum absolute atomic E-state index is 0.0971. The van der Waals surface area contributed by atoms with Crippen molar-refractivity contribution in [1.82, 2.24) is 9.80 Å². The summed E-state index contributed by atoms with van der Waals surface area (Å²) in [7, 11) is 0. The number of amides is 1. The maximum Gasteiger partial charge on any atom is 0.227 e. The van der Waals surface area contributed by atoms with Crippen LogP contribution in [-0.2, 0) is 29.8 Å². The molecule has 2 aromatic carbocycles. The second-order valence-electron chi connectivity index (χ2n) is 10.8. The first-order chi connectivity index (χ1) is 17.8. The summed E-state index contributed by atoms with van der Waals surface area (Å²) in [5.74, 6) is 1.03. The highest BCUT2D eigenvalue weighted by Crippen LogP contribution is 2.22. The van der Waals surface area contributed by atoms with Crippen molar-refractivity contribution in [2.24, 2.45) is 0 Å². The molecule has 196 valence electrons. The van der Waals surface area contributed by atoms with Crippen molar-refractivity contribution >= 4 is 5.91 Å². The third-order valence-electron chi connectivity index (χ3n) is 6.86. The zero-order valence-electron chi connectivity index (χ0n) is 22.2. The first-order valence-electron chi connectivity index (χ1n) is 13.2. The van der Waals surface area contributed by atoms with Gasteiger partial charge in [0.1, 0.15) is 18.6 Å². The van der Waals surface area contributed by atoms with Gasteiger partial charge in [-0.1, -0.05) is 75.4 Å². The van der Waals surface area contributed by atoms with E-state index < -0.39 is 0 Å². The molecule has 6 nitrogen and oxygen atoms in total. The molecule has 1 amide bonds. The average molecular weight is 503 g/mol. The number of nitrogens with zero attached hydrogens (tertiary/aromatic N) is 2. The highest BCUT2D eigenvalue weighted by atomic mass is 16.5. The van der Waals surface area contributed by atoms with Gasteiger partial charge in [0.05, 0.1) is 6.54 Å². The number of hydrogen-bond acceptors (Lipinski definition) is 5. The summed E-state index contributed by atoms with van der Waals surface area (Å²) in [6.45, 7) is 10.5. The van der Waals surface area contributed by atoms with Crippen LogP contribution < -0.4 is 10.2 Å². The quantitative estimate of drug-likeness (QED) is 0.425. The molecule has 0 aliphatic carbocycles. The number of benzene rings is 2. The molecule has 3 aromatic rings. The Bertz CT molecular complexity index is 1210. The molecule has 0 bridgehead atoms. The smallest absolute Gasteiger partial charge is 0.227 e. The van der Waals surface area contributed by atoms with Gasteiger partial charge in [0.15, 0.2) is 0 Å². The van der Waals surface area contributed by atoms with E-state index in [0.29, 0.717) is 31.9 Å². The molecule has 0 spiro atoms. The number of carbonyl (C=O) groups excluding carboxylic acids is 1. The van der Waals surface area contributed by atoms with E-state index in [2.05, 4.69) is 49.9 Å². The van der Waals surface area contributed by atoms with E-state index in [0.717, 1.165) is 38.0 Å². The van der Waals surface area contributed by atoms with E-state index in [-0.39, 0.29) is 22.5 Å². The molecule has 0 saturated carbocycles. The lowest BCUT2D eigenvalue weighted by atomic mass is 9.87. The summed E-state index contributed by atoms with van der Waals surface area (Å²) in [5, 5.41) is 0. The van der Waals surface area contributed by atoms with Crippen LogP contribution in [0.25, 0.3) is 0 Å². The Kier molecular flexibility index (Phi) is 8.82. The number of rotatable bonds is 8. The Morgan fingerprint density at radius 2 is 1.70 bits per heavy atom. The molecular formula is C31H38N2O4. The van der Waals surface area contributed by atoms with Crippen molar-refractivity contribution in [3.63, 3.8) is 0 Å². The Morgan fingerprint density at radius 3 is 2.41 bits per heavy atom. The molecule has 1 saturated heterocycles. The summed E-state index contributed by atoms with van der Waals surface area (Å²) in [6, 6.07) is 19.9. The Morgan fingerprint density at radius 1 is 0.946 bits per heavy atom. The van der Waals surface area contributed by atoms with Crippen LogP contribution in [0.2, 0.25) is 0 Å². The second-order valence-corrected chi connectivity index (χ2v) is 10.8. The molecule has 1 aliphatic rings. The van der Waals surface area contributed by atoms with Gasteiger partial charge in [-0.3, -0.25) is 14.5 Å². The van der Waals surface area contributed by atoms with Crippen LogP contribution >= 0.6 is 0 Å². The van der Waals surface area contributed by atoms with Gasteiger partial charge in [0, 0.05) is 38.7 Å². The zero-order valence-corrected chi connectivity index (χ0v) is 22.2. The van der Waals surface area contributed by atoms with E-state index in [1.54, 1.807) is 0 Å². The Balaban J connectivity index is 1.25.